The predicted octanol–water partition coefficient (Wildman–Crippen LogP) is -2.23. The van der Waals surface area contributed by atoms with Gasteiger partial charge in [0.15, 0.2) is 11.9 Å². The Morgan fingerprint density at radius 2 is 0.758 bits per heavy atom. The van der Waals surface area contributed by atoms with Gasteiger partial charge in [-0.3, -0.25) is 39.6 Å². The van der Waals surface area contributed by atoms with Crippen LogP contribution in [0.15, 0.2) is 59.0 Å². The smallest absolute Gasteiger partial charge is 0.272 e. The second kappa shape index (κ2) is 22.0. The fourth-order valence-electron chi connectivity index (χ4n) is 5.35. The number of carbonyl (C=O) groups excluding carboxylic acids is 6. The summed E-state index contributed by atoms with van der Waals surface area (Å²) in [5.74, 6) is -2.87. The number of rotatable bonds is 18. The van der Waals surface area contributed by atoms with Crippen LogP contribution in [0.5, 0.6) is 0 Å². The van der Waals surface area contributed by atoms with Crippen molar-refractivity contribution in [3.05, 3.63) is 71.8 Å². The van der Waals surface area contributed by atoms with Crippen LogP contribution in [0, 0.1) is 10.8 Å². The number of amides is 6. The minimum atomic E-state index is -0.436. The van der Waals surface area contributed by atoms with Crippen LogP contribution >= 0.6 is 0 Å². The molecule has 4 heterocycles. The highest BCUT2D eigenvalue weighted by molar-refractivity contribution is 6.07. The Labute approximate surface area is 354 Å². The molecule has 20 N–H and O–H groups in total. The maximum Gasteiger partial charge on any atom is 0.272 e. The van der Waals surface area contributed by atoms with E-state index in [0.717, 1.165) is 0 Å². The number of aryl methyl sites for hydroxylation is 4. The number of aliphatic imine (C=N–C) groups is 2. The van der Waals surface area contributed by atoms with Crippen molar-refractivity contribution in [2.24, 2.45) is 72.6 Å². The van der Waals surface area contributed by atoms with Gasteiger partial charge in [-0.15, -0.1) is 0 Å². The highest BCUT2D eigenvalue weighted by Crippen LogP contribution is 2.19. The van der Waals surface area contributed by atoms with E-state index in [0.29, 0.717) is 34.1 Å². The summed E-state index contributed by atoms with van der Waals surface area (Å²) in [5.41, 5.74) is 34.2. The van der Waals surface area contributed by atoms with Crippen LogP contribution in [-0.2, 0) is 37.8 Å². The van der Waals surface area contributed by atoms with Crippen LogP contribution in [0.1, 0.15) is 54.8 Å². The van der Waals surface area contributed by atoms with E-state index < -0.39 is 23.6 Å². The molecule has 0 aliphatic heterocycles. The van der Waals surface area contributed by atoms with Crippen LogP contribution < -0.4 is 66.3 Å². The number of hydrogen-bond acceptors (Lipinski definition) is 10. The molecule has 0 fully saturated rings. The van der Waals surface area contributed by atoms with Crippen molar-refractivity contribution in [3.63, 3.8) is 0 Å². The summed E-state index contributed by atoms with van der Waals surface area (Å²) >= 11 is 0. The van der Waals surface area contributed by atoms with E-state index >= 15 is 0 Å². The molecule has 0 spiro atoms. The van der Waals surface area contributed by atoms with Gasteiger partial charge < -0.3 is 84.6 Å². The number of nitrogens with one attached hydrogen (secondary N) is 8. The maximum absolute atomic E-state index is 12.6. The highest BCUT2D eigenvalue weighted by atomic mass is 16.2. The molecule has 62 heavy (non-hydrogen) atoms. The normalized spacial score (nSPS) is 10.3. The number of aromatic nitrogens is 4. The Balaban J connectivity index is 0.000000330. The molecule has 4 aromatic heterocycles. The van der Waals surface area contributed by atoms with E-state index in [4.69, 9.17) is 45.2 Å². The zero-order chi connectivity index (χ0) is 46.3. The lowest BCUT2D eigenvalue weighted by atomic mass is 10.3. The van der Waals surface area contributed by atoms with E-state index in [2.05, 4.69) is 41.9 Å². The summed E-state index contributed by atoms with van der Waals surface area (Å²) in [6.07, 6.45) is 6.83. The molecule has 4 aromatic rings. The van der Waals surface area contributed by atoms with E-state index in [1.54, 1.807) is 71.2 Å². The highest BCUT2D eigenvalue weighted by Gasteiger charge is 2.19. The zero-order valence-corrected chi connectivity index (χ0v) is 34.5. The van der Waals surface area contributed by atoms with Crippen molar-refractivity contribution in [2.75, 3.05) is 47.4 Å². The molecule has 0 atom stereocenters. The molecule has 0 aliphatic rings. The summed E-state index contributed by atoms with van der Waals surface area (Å²) in [7, 11) is 6.64. The first kappa shape index (κ1) is 47.8. The Bertz CT molecular complexity index is 2220. The molecule has 0 saturated carbocycles. The van der Waals surface area contributed by atoms with Gasteiger partial charge in [-0.25, -0.2) is 9.98 Å². The molecule has 0 aromatic carbocycles. The van der Waals surface area contributed by atoms with E-state index in [-0.39, 0.29) is 85.8 Å². The number of carbonyl (C=O) groups is 6. The molecule has 4 rings (SSSR count). The lowest BCUT2D eigenvalue weighted by molar-refractivity contribution is -0.115. The van der Waals surface area contributed by atoms with Crippen molar-refractivity contribution in [1.82, 2.24) is 28.9 Å². The minimum Gasteiger partial charge on any atom is -0.388 e. The zero-order valence-electron chi connectivity index (χ0n) is 34.5. The summed E-state index contributed by atoms with van der Waals surface area (Å²) in [5, 5.41) is 30.3. The molecule has 0 saturated heterocycles. The van der Waals surface area contributed by atoms with Crippen molar-refractivity contribution >= 4 is 81.8 Å². The number of hydrogen-bond donors (Lipinski definition) is 14. The minimum absolute atomic E-state index is 0.0190. The number of anilines is 4. The van der Waals surface area contributed by atoms with Gasteiger partial charge in [0.1, 0.15) is 35.9 Å². The molecule has 6 amide bonds. The Morgan fingerprint density at radius 1 is 0.484 bits per heavy atom. The molecule has 0 bridgehead atoms. The van der Waals surface area contributed by atoms with Crippen LogP contribution in [0.2, 0.25) is 0 Å². The van der Waals surface area contributed by atoms with Gasteiger partial charge in [0.05, 0.1) is 34.4 Å². The van der Waals surface area contributed by atoms with Gasteiger partial charge >= 0.3 is 0 Å². The van der Waals surface area contributed by atoms with Crippen molar-refractivity contribution in [3.8, 4) is 0 Å². The number of nitrogens with zero attached hydrogens (tertiary/aromatic N) is 6. The second-order valence-corrected chi connectivity index (χ2v) is 13.4. The molecule has 0 aliphatic carbocycles. The van der Waals surface area contributed by atoms with Gasteiger partial charge in [0, 0.05) is 78.9 Å². The summed E-state index contributed by atoms with van der Waals surface area (Å²) < 4.78 is 6.23. The lowest BCUT2D eigenvalue weighted by Crippen LogP contribution is -2.28. The average Bonchev–Trinajstić information content (AvgIpc) is 3.94. The Morgan fingerprint density at radius 3 is 1.03 bits per heavy atom. The third kappa shape index (κ3) is 15.0. The number of nitrogens with two attached hydrogens (primary N) is 6. The molecule has 0 unspecified atom stereocenters. The summed E-state index contributed by atoms with van der Waals surface area (Å²) in [6.45, 7) is 0.00417. The molecule has 26 nitrogen and oxygen atoms in total. The summed E-state index contributed by atoms with van der Waals surface area (Å²) in [6, 6.07) is 6.06. The fourth-order valence-corrected chi connectivity index (χ4v) is 5.35. The van der Waals surface area contributed by atoms with Crippen molar-refractivity contribution in [1.29, 1.82) is 10.8 Å². The molecule has 0 radical (unpaired) electrons. The van der Waals surface area contributed by atoms with E-state index in [9.17, 15) is 28.8 Å². The lowest BCUT2D eigenvalue weighted by Gasteiger charge is -2.04. The third-order valence-corrected chi connectivity index (χ3v) is 8.20. The monoisotopic (exact) mass is 860 g/mol. The van der Waals surface area contributed by atoms with Crippen LogP contribution in [0.25, 0.3) is 0 Å². The van der Waals surface area contributed by atoms with Gasteiger partial charge in [-0.2, -0.15) is 0 Å². The van der Waals surface area contributed by atoms with Gasteiger partial charge in [0.25, 0.3) is 23.6 Å². The predicted molar refractivity (Wildman–Crippen MR) is 234 cm³/mol. The topological polar surface area (TPSA) is 423 Å². The second-order valence-electron chi connectivity index (χ2n) is 13.4. The SMILES string of the molecule is Cn1cc(NC(=O)c2cc(NC(=O)CN=C(N)N)cn2C)cc1C(=O)NCCC(=N)N.Cn1cc(NC(=O)c2cc(NC(=O)CN=C(N)N)cn2C)cc1C(=O)NCCC(=N)N. The van der Waals surface area contributed by atoms with Crippen molar-refractivity contribution < 1.29 is 28.8 Å². The van der Waals surface area contributed by atoms with Crippen LogP contribution in [-0.4, -0.2) is 103 Å². The summed E-state index contributed by atoms with van der Waals surface area (Å²) in [4.78, 5) is 80.6. The quantitative estimate of drug-likeness (QED) is 0.0373. The first-order valence-electron chi connectivity index (χ1n) is 18.3. The van der Waals surface area contributed by atoms with Crippen LogP contribution in [0.3, 0.4) is 0 Å². The molecular formula is C36H52N20O6. The average molecular weight is 861 g/mol. The van der Waals surface area contributed by atoms with Gasteiger partial charge in [-0.05, 0) is 24.3 Å². The first-order chi connectivity index (χ1) is 29.1. The molecule has 26 heteroatoms. The van der Waals surface area contributed by atoms with E-state index in [1.165, 1.54) is 24.3 Å². The Kier molecular flexibility index (Phi) is 16.9. The number of amidine groups is 2. The van der Waals surface area contributed by atoms with Crippen molar-refractivity contribution in [2.45, 2.75) is 12.8 Å². The molecular weight excluding hydrogens is 809 g/mol. The third-order valence-electron chi connectivity index (χ3n) is 8.20. The molecule has 332 valence electrons. The maximum atomic E-state index is 12.6. The Hall–Kier alpha value is -8.58. The van der Waals surface area contributed by atoms with E-state index in [1.807, 2.05) is 0 Å². The first-order valence-corrected chi connectivity index (χ1v) is 18.3. The van der Waals surface area contributed by atoms with Crippen LogP contribution in [0.4, 0.5) is 22.7 Å². The fraction of sp³-hybridized carbons (Fsp3) is 0.278. The largest absolute Gasteiger partial charge is 0.388 e. The van der Waals surface area contributed by atoms with Gasteiger partial charge in [-0.1, -0.05) is 0 Å². The standard InChI is InChI=1S/2C18H26N10O3/c2*1-27-9-11(6-12(27)16(30)23-4-3-14(19)20)26-17(31)13-5-10(8-28(13)2)25-15(29)7-24-18(21)22/h2*5-6,8-9H,3-4,7H2,1-2H3,(H3,19,20)(H,23,30)(H,25,29)(H,26,31)(H4,21,22,24). The van der Waals surface area contributed by atoms with Gasteiger partial charge in [0.2, 0.25) is 11.8 Å². The number of guanidine groups is 2.